The first-order chi connectivity index (χ1) is 11.1. The van der Waals surface area contributed by atoms with Crippen LogP contribution in [0.3, 0.4) is 0 Å². The third kappa shape index (κ3) is 4.50. The number of para-hydroxylation sites is 1. The summed E-state index contributed by atoms with van der Waals surface area (Å²) in [5, 5.41) is 23.7. The number of hydrogen-bond acceptors (Lipinski definition) is 5. The molecule has 0 saturated carbocycles. The fourth-order valence-electron chi connectivity index (χ4n) is 1.76. The lowest BCUT2D eigenvalue weighted by molar-refractivity contribution is -0.385. The highest BCUT2D eigenvalue weighted by atomic mass is 16.6. The Labute approximate surface area is 131 Å². The van der Waals surface area contributed by atoms with E-state index < -0.39 is 10.8 Å². The van der Waals surface area contributed by atoms with E-state index in [2.05, 4.69) is 10.5 Å². The number of hydrazone groups is 1. The Balaban J connectivity index is 1.95. The minimum Gasteiger partial charge on any atom is -0.508 e. The van der Waals surface area contributed by atoms with E-state index in [0.717, 1.165) is 0 Å². The molecule has 23 heavy (non-hydrogen) atoms. The highest BCUT2D eigenvalue weighted by Gasteiger charge is 2.08. The van der Waals surface area contributed by atoms with E-state index in [1.54, 1.807) is 18.2 Å². The second-order valence-corrected chi connectivity index (χ2v) is 4.44. The van der Waals surface area contributed by atoms with Crippen LogP contribution in [0.15, 0.2) is 59.7 Å². The molecule has 0 fully saturated rings. The summed E-state index contributed by atoms with van der Waals surface area (Å²) < 4.78 is 0. The fourth-order valence-corrected chi connectivity index (χ4v) is 1.76. The Morgan fingerprint density at radius 1 is 1.17 bits per heavy atom. The molecule has 7 heteroatoms. The Bertz CT molecular complexity index is 767. The van der Waals surface area contributed by atoms with Gasteiger partial charge in [-0.15, -0.1) is 0 Å². The van der Waals surface area contributed by atoms with E-state index in [0.29, 0.717) is 11.1 Å². The predicted octanol–water partition coefficient (Wildman–Crippen LogP) is 2.73. The summed E-state index contributed by atoms with van der Waals surface area (Å²) in [4.78, 5) is 22.1. The summed E-state index contributed by atoms with van der Waals surface area (Å²) in [7, 11) is 0. The van der Waals surface area contributed by atoms with E-state index >= 15 is 0 Å². The van der Waals surface area contributed by atoms with Crippen LogP contribution in [-0.2, 0) is 0 Å². The van der Waals surface area contributed by atoms with Gasteiger partial charge in [0.1, 0.15) is 5.75 Å². The van der Waals surface area contributed by atoms with Gasteiger partial charge < -0.3 is 5.11 Å². The number of nitrogens with zero attached hydrogens (tertiary/aromatic N) is 2. The average Bonchev–Trinajstić information content (AvgIpc) is 2.55. The maximum absolute atomic E-state index is 11.7. The minimum absolute atomic E-state index is 0.00900. The predicted molar refractivity (Wildman–Crippen MR) is 86.2 cm³/mol. The summed E-state index contributed by atoms with van der Waals surface area (Å²) in [6.45, 7) is 0. The first-order valence-corrected chi connectivity index (χ1v) is 6.60. The van der Waals surface area contributed by atoms with Gasteiger partial charge >= 0.3 is 0 Å². The molecule has 116 valence electrons. The van der Waals surface area contributed by atoms with Crippen LogP contribution < -0.4 is 5.43 Å². The van der Waals surface area contributed by atoms with Crippen LogP contribution in [0.5, 0.6) is 5.75 Å². The van der Waals surface area contributed by atoms with Crippen LogP contribution in [0.1, 0.15) is 15.9 Å². The summed E-state index contributed by atoms with van der Waals surface area (Å²) in [6.07, 6.45) is 4.32. The van der Waals surface area contributed by atoms with Crippen molar-refractivity contribution in [3.8, 4) is 5.75 Å². The van der Waals surface area contributed by atoms with Crippen molar-refractivity contribution in [3.63, 3.8) is 0 Å². The van der Waals surface area contributed by atoms with Gasteiger partial charge in [-0.2, -0.15) is 5.10 Å². The van der Waals surface area contributed by atoms with Crippen LogP contribution in [0, 0.1) is 10.1 Å². The Morgan fingerprint density at radius 2 is 1.87 bits per heavy atom. The van der Waals surface area contributed by atoms with Crippen molar-refractivity contribution in [3.05, 3.63) is 75.8 Å². The highest BCUT2D eigenvalue weighted by Crippen LogP contribution is 2.18. The number of phenols is 1. The number of nitro benzene ring substituents is 1. The first kappa shape index (κ1) is 15.9. The van der Waals surface area contributed by atoms with Crippen molar-refractivity contribution >= 4 is 23.9 Å². The van der Waals surface area contributed by atoms with Crippen molar-refractivity contribution in [2.75, 3.05) is 0 Å². The molecule has 1 amide bonds. The lowest BCUT2D eigenvalue weighted by Crippen LogP contribution is -2.16. The average molecular weight is 311 g/mol. The van der Waals surface area contributed by atoms with Crippen molar-refractivity contribution in [2.45, 2.75) is 0 Å². The van der Waals surface area contributed by atoms with Crippen LogP contribution in [0.4, 0.5) is 5.69 Å². The monoisotopic (exact) mass is 311 g/mol. The van der Waals surface area contributed by atoms with Crippen LogP contribution in [-0.4, -0.2) is 22.2 Å². The molecule has 0 heterocycles. The molecular formula is C16H13N3O4. The van der Waals surface area contributed by atoms with Gasteiger partial charge in [-0.05, 0) is 42.5 Å². The fraction of sp³-hybridized carbons (Fsp3) is 0. The topological polar surface area (TPSA) is 105 Å². The van der Waals surface area contributed by atoms with Gasteiger partial charge in [0.25, 0.3) is 11.6 Å². The third-order valence-electron chi connectivity index (χ3n) is 2.87. The number of nitro groups is 1. The molecule has 2 N–H and O–H groups in total. The van der Waals surface area contributed by atoms with Crippen LogP contribution in [0.2, 0.25) is 0 Å². The zero-order chi connectivity index (χ0) is 16.7. The molecule has 0 aliphatic carbocycles. The number of phenolic OH excluding ortho intramolecular Hbond substituents is 1. The molecular weight excluding hydrogens is 298 g/mol. The largest absolute Gasteiger partial charge is 0.508 e. The number of aromatic hydroxyl groups is 1. The number of carbonyl (C=O) groups is 1. The molecule has 2 rings (SSSR count). The first-order valence-electron chi connectivity index (χ1n) is 6.60. The van der Waals surface area contributed by atoms with Gasteiger partial charge in [0.2, 0.25) is 0 Å². The van der Waals surface area contributed by atoms with Gasteiger partial charge in [-0.1, -0.05) is 12.1 Å². The van der Waals surface area contributed by atoms with E-state index in [4.69, 9.17) is 5.11 Å². The summed E-state index contributed by atoms with van der Waals surface area (Å²) >= 11 is 0. The zero-order valence-corrected chi connectivity index (χ0v) is 11.9. The smallest absolute Gasteiger partial charge is 0.276 e. The van der Waals surface area contributed by atoms with Crippen molar-refractivity contribution < 1.29 is 14.8 Å². The number of carbonyl (C=O) groups excluding carboxylic acids is 1. The van der Waals surface area contributed by atoms with E-state index in [1.807, 2.05) is 0 Å². The van der Waals surface area contributed by atoms with Crippen molar-refractivity contribution in [1.82, 2.24) is 5.43 Å². The summed E-state index contributed by atoms with van der Waals surface area (Å²) in [5.74, 6) is -0.363. The standard InChI is InChI=1S/C16H13N3O4/c20-14-9-7-13(8-10-14)16(21)18-17-11-3-5-12-4-1-2-6-15(12)19(22)23/h1-11,20H,(H,18,21)/b5-3+,17-11+. The number of amides is 1. The molecule has 7 nitrogen and oxygen atoms in total. The summed E-state index contributed by atoms with van der Waals surface area (Å²) in [5.41, 5.74) is 3.09. The van der Waals surface area contributed by atoms with Crippen molar-refractivity contribution in [2.24, 2.45) is 5.10 Å². The van der Waals surface area contributed by atoms with Crippen LogP contribution in [0.25, 0.3) is 6.08 Å². The number of nitrogens with one attached hydrogen (secondary N) is 1. The molecule has 0 aliphatic heterocycles. The van der Waals surface area contributed by atoms with E-state index in [1.165, 1.54) is 48.7 Å². The van der Waals surface area contributed by atoms with Gasteiger partial charge in [-0.3, -0.25) is 14.9 Å². The summed E-state index contributed by atoms with van der Waals surface area (Å²) in [6, 6.07) is 12.0. The number of allylic oxidation sites excluding steroid dienone is 1. The lowest BCUT2D eigenvalue weighted by Gasteiger charge is -1.99. The molecule has 0 radical (unpaired) electrons. The van der Waals surface area contributed by atoms with E-state index in [9.17, 15) is 14.9 Å². The second kappa shape index (κ2) is 7.51. The van der Waals surface area contributed by atoms with E-state index in [-0.39, 0.29) is 11.4 Å². The normalized spacial score (nSPS) is 11.0. The molecule has 2 aromatic rings. The quantitative estimate of drug-likeness (QED) is 0.503. The molecule has 0 aromatic heterocycles. The number of hydrogen-bond donors (Lipinski definition) is 2. The van der Waals surface area contributed by atoms with Gasteiger partial charge in [0.15, 0.2) is 0 Å². The number of benzene rings is 2. The SMILES string of the molecule is O=C(N/N=C/C=C/c1ccccc1[N+](=O)[O-])c1ccc(O)cc1. The Morgan fingerprint density at radius 3 is 2.57 bits per heavy atom. The Kier molecular flexibility index (Phi) is 5.19. The molecule has 0 spiro atoms. The lowest BCUT2D eigenvalue weighted by atomic mass is 10.2. The molecule has 0 aliphatic rings. The molecule has 0 saturated heterocycles. The van der Waals surface area contributed by atoms with Crippen LogP contribution >= 0.6 is 0 Å². The van der Waals surface area contributed by atoms with Gasteiger partial charge in [-0.25, -0.2) is 5.43 Å². The third-order valence-corrected chi connectivity index (χ3v) is 2.87. The Hall–Kier alpha value is -3.48. The molecule has 0 bridgehead atoms. The maximum atomic E-state index is 11.7. The molecule has 0 unspecified atom stereocenters. The second-order valence-electron chi connectivity index (χ2n) is 4.44. The van der Waals surface area contributed by atoms with Gasteiger partial charge in [0, 0.05) is 17.8 Å². The molecule has 0 atom stereocenters. The maximum Gasteiger partial charge on any atom is 0.276 e. The number of rotatable bonds is 5. The van der Waals surface area contributed by atoms with Crippen molar-refractivity contribution in [1.29, 1.82) is 0 Å². The van der Waals surface area contributed by atoms with Gasteiger partial charge in [0.05, 0.1) is 10.5 Å². The highest BCUT2D eigenvalue weighted by molar-refractivity contribution is 5.94. The molecule has 2 aromatic carbocycles. The minimum atomic E-state index is -0.469. The zero-order valence-electron chi connectivity index (χ0n) is 11.9.